The van der Waals surface area contributed by atoms with E-state index in [0.29, 0.717) is 5.76 Å². The number of hydrogen-bond donors (Lipinski definition) is 1. The summed E-state index contributed by atoms with van der Waals surface area (Å²) in [5.41, 5.74) is 6.88. The smallest absolute Gasteiger partial charge is 0.252 e. The van der Waals surface area contributed by atoms with Crippen molar-refractivity contribution in [3.05, 3.63) is 83.3 Å². The van der Waals surface area contributed by atoms with Crippen LogP contribution in [0.2, 0.25) is 0 Å². The number of amides is 1. The maximum absolute atomic E-state index is 12.7. The normalized spacial score (nSPS) is 13.0. The fraction of sp³-hybridized carbons (Fsp3) is 0.100. The summed E-state index contributed by atoms with van der Waals surface area (Å²) in [5.74, 6) is 0.932. The van der Waals surface area contributed by atoms with Crippen LogP contribution in [0.5, 0.6) is 0 Å². The van der Waals surface area contributed by atoms with E-state index >= 15 is 0 Å². The first kappa shape index (κ1) is 14.5. The van der Waals surface area contributed by atoms with E-state index in [9.17, 15) is 4.79 Å². The summed E-state index contributed by atoms with van der Waals surface area (Å²) < 4.78 is 5.40. The number of aryl methyl sites for hydroxylation is 1. The summed E-state index contributed by atoms with van der Waals surface area (Å²) in [6.07, 6.45) is 1.51. The Hall–Kier alpha value is -3.14. The zero-order valence-electron chi connectivity index (χ0n) is 13.2. The van der Waals surface area contributed by atoms with Crippen LogP contribution in [0.3, 0.4) is 0 Å². The Morgan fingerprint density at radius 1 is 1.00 bits per heavy atom. The Kier molecular flexibility index (Phi) is 3.50. The van der Waals surface area contributed by atoms with Gasteiger partial charge in [-0.2, -0.15) is 5.10 Å². The number of benzene rings is 2. The molecule has 0 radical (unpaired) electrons. The van der Waals surface area contributed by atoms with E-state index in [1.54, 1.807) is 0 Å². The second-order valence-corrected chi connectivity index (χ2v) is 5.79. The summed E-state index contributed by atoms with van der Waals surface area (Å²) in [4.78, 5) is 12.7. The zero-order chi connectivity index (χ0) is 16.5. The molecule has 24 heavy (non-hydrogen) atoms. The molecule has 118 valence electrons. The molecule has 0 bridgehead atoms. The monoisotopic (exact) mass is 316 g/mol. The lowest BCUT2D eigenvalue weighted by atomic mass is 9.96. The van der Waals surface area contributed by atoms with Crippen LogP contribution in [0.25, 0.3) is 11.1 Å². The van der Waals surface area contributed by atoms with Gasteiger partial charge in [0, 0.05) is 0 Å². The predicted octanol–water partition coefficient (Wildman–Crippen LogP) is 3.85. The van der Waals surface area contributed by atoms with Gasteiger partial charge in [0.05, 0.1) is 12.1 Å². The molecule has 4 nitrogen and oxygen atoms in total. The fourth-order valence-electron chi connectivity index (χ4n) is 3.18. The Morgan fingerprint density at radius 2 is 1.62 bits per heavy atom. The first-order chi connectivity index (χ1) is 11.7. The average Bonchev–Trinajstić information content (AvgIpc) is 3.16. The Bertz CT molecular complexity index is 895. The summed E-state index contributed by atoms with van der Waals surface area (Å²) in [6.45, 7) is 1.86. The van der Waals surface area contributed by atoms with Crippen molar-refractivity contribution >= 4 is 12.1 Å². The minimum Gasteiger partial charge on any atom is -0.460 e. The van der Waals surface area contributed by atoms with Crippen LogP contribution in [0.15, 0.2) is 70.2 Å². The van der Waals surface area contributed by atoms with Crippen molar-refractivity contribution in [3.8, 4) is 11.1 Å². The van der Waals surface area contributed by atoms with Crippen LogP contribution >= 0.6 is 0 Å². The van der Waals surface area contributed by atoms with Gasteiger partial charge in [0.1, 0.15) is 11.5 Å². The average molecular weight is 316 g/mol. The zero-order valence-corrected chi connectivity index (χ0v) is 13.2. The van der Waals surface area contributed by atoms with E-state index in [-0.39, 0.29) is 11.8 Å². The highest BCUT2D eigenvalue weighted by Gasteiger charge is 2.33. The van der Waals surface area contributed by atoms with Gasteiger partial charge in [0.15, 0.2) is 0 Å². The second kappa shape index (κ2) is 5.81. The number of rotatable bonds is 3. The molecule has 0 atom stereocenters. The van der Waals surface area contributed by atoms with E-state index in [1.807, 2.05) is 55.5 Å². The molecule has 3 aromatic rings. The van der Waals surface area contributed by atoms with Crippen LogP contribution in [-0.2, 0) is 4.79 Å². The minimum atomic E-state index is -0.340. The van der Waals surface area contributed by atoms with Gasteiger partial charge in [0.2, 0.25) is 0 Å². The van der Waals surface area contributed by atoms with Gasteiger partial charge >= 0.3 is 0 Å². The molecule has 1 aromatic heterocycles. The van der Waals surface area contributed by atoms with Crippen LogP contribution in [0.1, 0.15) is 28.6 Å². The Morgan fingerprint density at radius 3 is 2.21 bits per heavy atom. The van der Waals surface area contributed by atoms with Gasteiger partial charge in [-0.3, -0.25) is 4.79 Å². The maximum Gasteiger partial charge on any atom is 0.252 e. The molecule has 1 aliphatic rings. The van der Waals surface area contributed by atoms with E-state index < -0.39 is 0 Å². The number of hydrazone groups is 1. The highest BCUT2D eigenvalue weighted by molar-refractivity contribution is 5.96. The largest absolute Gasteiger partial charge is 0.460 e. The molecule has 0 unspecified atom stereocenters. The van der Waals surface area contributed by atoms with Crippen molar-refractivity contribution in [2.24, 2.45) is 5.10 Å². The third kappa shape index (κ3) is 2.42. The summed E-state index contributed by atoms with van der Waals surface area (Å²) in [7, 11) is 0. The topological polar surface area (TPSA) is 54.6 Å². The SMILES string of the molecule is Cc1ccc(/C=N/NC(=O)C2c3ccccc3-c3ccccc32)o1. The molecule has 0 fully saturated rings. The standard InChI is InChI=1S/C20H16N2O2/c1-13-10-11-14(24-13)12-21-22-20(23)19-17-8-4-2-6-15(17)16-7-3-5-9-18(16)19/h2-12,19H,1H3,(H,22,23)/b21-12+. The first-order valence-corrected chi connectivity index (χ1v) is 7.81. The molecule has 0 spiro atoms. The summed E-state index contributed by atoms with van der Waals surface area (Å²) in [6, 6.07) is 19.7. The summed E-state index contributed by atoms with van der Waals surface area (Å²) in [5, 5.41) is 4.03. The minimum absolute atomic E-state index is 0.146. The van der Waals surface area contributed by atoms with Gasteiger partial charge in [0.25, 0.3) is 5.91 Å². The maximum atomic E-state index is 12.7. The van der Waals surface area contributed by atoms with Crippen molar-refractivity contribution in [2.75, 3.05) is 0 Å². The quantitative estimate of drug-likeness (QED) is 0.589. The molecule has 4 rings (SSSR count). The number of fused-ring (bicyclic) bond motifs is 3. The van der Waals surface area contributed by atoms with Gasteiger partial charge in [-0.25, -0.2) is 5.43 Å². The second-order valence-electron chi connectivity index (χ2n) is 5.79. The third-order valence-electron chi connectivity index (χ3n) is 4.22. The number of nitrogens with one attached hydrogen (secondary N) is 1. The Labute approximate surface area is 139 Å². The summed E-state index contributed by atoms with van der Waals surface area (Å²) >= 11 is 0. The molecule has 1 N–H and O–H groups in total. The van der Waals surface area contributed by atoms with Crippen LogP contribution in [-0.4, -0.2) is 12.1 Å². The lowest BCUT2D eigenvalue weighted by molar-refractivity contribution is -0.121. The number of carbonyl (C=O) groups is 1. The molecule has 4 heteroatoms. The van der Waals surface area contributed by atoms with E-state index in [4.69, 9.17) is 4.42 Å². The molecule has 1 amide bonds. The van der Waals surface area contributed by atoms with E-state index in [2.05, 4.69) is 22.7 Å². The first-order valence-electron chi connectivity index (χ1n) is 7.81. The lowest BCUT2D eigenvalue weighted by Crippen LogP contribution is -2.24. The highest BCUT2D eigenvalue weighted by Crippen LogP contribution is 2.44. The molecule has 1 heterocycles. The highest BCUT2D eigenvalue weighted by atomic mass is 16.3. The van der Waals surface area contributed by atoms with Gasteiger partial charge in [-0.05, 0) is 41.3 Å². The van der Waals surface area contributed by atoms with Gasteiger partial charge < -0.3 is 4.42 Å². The fourth-order valence-corrected chi connectivity index (χ4v) is 3.18. The number of furan rings is 1. The van der Waals surface area contributed by atoms with Crippen molar-refractivity contribution in [2.45, 2.75) is 12.8 Å². The molecule has 2 aromatic carbocycles. The van der Waals surface area contributed by atoms with Crippen molar-refractivity contribution in [3.63, 3.8) is 0 Å². The number of nitrogens with zero attached hydrogens (tertiary/aromatic N) is 1. The molecule has 0 aliphatic heterocycles. The molecule has 0 saturated carbocycles. The van der Waals surface area contributed by atoms with Crippen molar-refractivity contribution < 1.29 is 9.21 Å². The van der Waals surface area contributed by atoms with Gasteiger partial charge in [-0.15, -0.1) is 0 Å². The lowest BCUT2D eigenvalue weighted by Gasteiger charge is -2.11. The van der Waals surface area contributed by atoms with Crippen LogP contribution in [0, 0.1) is 6.92 Å². The molecular weight excluding hydrogens is 300 g/mol. The Balaban J connectivity index is 1.61. The van der Waals surface area contributed by atoms with Crippen LogP contribution in [0.4, 0.5) is 0 Å². The van der Waals surface area contributed by atoms with E-state index in [0.717, 1.165) is 28.0 Å². The third-order valence-corrected chi connectivity index (χ3v) is 4.22. The molecule has 0 saturated heterocycles. The van der Waals surface area contributed by atoms with E-state index in [1.165, 1.54) is 6.21 Å². The van der Waals surface area contributed by atoms with Crippen molar-refractivity contribution in [1.29, 1.82) is 0 Å². The van der Waals surface area contributed by atoms with Gasteiger partial charge in [-0.1, -0.05) is 48.5 Å². The van der Waals surface area contributed by atoms with Crippen LogP contribution < -0.4 is 5.43 Å². The van der Waals surface area contributed by atoms with Crippen molar-refractivity contribution in [1.82, 2.24) is 5.43 Å². The number of carbonyl (C=O) groups excluding carboxylic acids is 1. The number of hydrogen-bond acceptors (Lipinski definition) is 3. The molecular formula is C20H16N2O2. The predicted molar refractivity (Wildman–Crippen MR) is 92.9 cm³/mol. The molecule has 1 aliphatic carbocycles.